The van der Waals surface area contributed by atoms with Crippen LogP contribution in [0.5, 0.6) is 0 Å². The predicted octanol–water partition coefficient (Wildman–Crippen LogP) is 0.348. The SMILES string of the molecule is CC(NC1CCCC1C)C(=O)NC(N)=O. The van der Waals surface area contributed by atoms with E-state index in [-0.39, 0.29) is 11.9 Å². The van der Waals surface area contributed by atoms with Crippen LogP contribution in [0.1, 0.15) is 33.1 Å². The number of primary amides is 1. The summed E-state index contributed by atoms with van der Waals surface area (Å²) in [6.45, 7) is 3.91. The highest BCUT2D eigenvalue weighted by molar-refractivity contribution is 5.96. The van der Waals surface area contributed by atoms with Crippen molar-refractivity contribution in [3.63, 3.8) is 0 Å². The summed E-state index contributed by atoms with van der Waals surface area (Å²) in [7, 11) is 0. The summed E-state index contributed by atoms with van der Waals surface area (Å²) in [6.07, 6.45) is 3.49. The van der Waals surface area contributed by atoms with Crippen LogP contribution >= 0.6 is 0 Å². The molecular formula is C10H19N3O2. The van der Waals surface area contributed by atoms with Crippen molar-refractivity contribution in [2.45, 2.75) is 45.2 Å². The highest BCUT2D eigenvalue weighted by atomic mass is 16.2. The Kier molecular flexibility index (Phi) is 4.08. The van der Waals surface area contributed by atoms with Gasteiger partial charge in [0.25, 0.3) is 0 Å². The molecule has 0 heterocycles. The summed E-state index contributed by atoms with van der Waals surface area (Å²) in [5.41, 5.74) is 4.87. The quantitative estimate of drug-likeness (QED) is 0.632. The molecule has 0 radical (unpaired) electrons. The van der Waals surface area contributed by atoms with Gasteiger partial charge in [-0.15, -0.1) is 0 Å². The third-order valence-electron chi connectivity index (χ3n) is 2.97. The molecule has 1 rings (SSSR count). The Balaban J connectivity index is 2.37. The number of carbonyl (C=O) groups is 2. The molecule has 15 heavy (non-hydrogen) atoms. The minimum atomic E-state index is -0.798. The third-order valence-corrected chi connectivity index (χ3v) is 2.97. The van der Waals surface area contributed by atoms with E-state index in [0.717, 1.165) is 6.42 Å². The summed E-state index contributed by atoms with van der Waals surface area (Å²) in [5.74, 6) is 0.232. The van der Waals surface area contributed by atoms with Crippen LogP contribution in [-0.2, 0) is 4.79 Å². The van der Waals surface area contributed by atoms with Gasteiger partial charge in [0.2, 0.25) is 5.91 Å². The second-order valence-corrected chi connectivity index (χ2v) is 4.26. The minimum Gasteiger partial charge on any atom is -0.351 e. The second-order valence-electron chi connectivity index (χ2n) is 4.26. The summed E-state index contributed by atoms with van der Waals surface area (Å²) in [6, 6.07) is -0.796. The van der Waals surface area contributed by atoms with Gasteiger partial charge in [-0.2, -0.15) is 0 Å². The standard InChI is InChI=1S/C10H19N3O2/c1-6-4-3-5-8(6)12-7(2)9(14)13-10(11)15/h6-8,12H,3-5H2,1-2H3,(H3,11,13,14,15). The molecule has 5 heteroatoms. The van der Waals surface area contributed by atoms with Crippen molar-refractivity contribution in [2.24, 2.45) is 11.7 Å². The average Bonchev–Trinajstić information content (AvgIpc) is 2.50. The molecule has 4 N–H and O–H groups in total. The summed E-state index contributed by atoms with van der Waals surface area (Å²) >= 11 is 0. The first-order valence-corrected chi connectivity index (χ1v) is 5.37. The van der Waals surface area contributed by atoms with Gasteiger partial charge in [0, 0.05) is 6.04 Å². The van der Waals surface area contributed by atoms with Crippen molar-refractivity contribution in [3.05, 3.63) is 0 Å². The van der Waals surface area contributed by atoms with Crippen molar-refractivity contribution < 1.29 is 9.59 Å². The van der Waals surface area contributed by atoms with Crippen LogP contribution in [0.3, 0.4) is 0 Å². The molecule has 1 aliphatic rings. The topological polar surface area (TPSA) is 84.2 Å². The van der Waals surface area contributed by atoms with Crippen molar-refractivity contribution >= 4 is 11.9 Å². The van der Waals surface area contributed by atoms with Crippen LogP contribution in [0.4, 0.5) is 4.79 Å². The van der Waals surface area contributed by atoms with Crippen LogP contribution in [0.15, 0.2) is 0 Å². The molecule has 0 aromatic heterocycles. The lowest BCUT2D eigenvalue weighted by atomic mass is 10.1. The normalized spacial score (nSPS) is 27.3. The van der Waals surface area contributed by atoms with Crippen LogP contribution in [0.2, 0.25) is 0 Å². The van der Waals surface area contributed by atoms with E-state index < -0.39 is 6.03 Å². The molecule has 1 aliphatic carbocycles. The van der Waals surface area contributed by atoms with E-state index in [4.69, 9.17) is 5.73 Å². The Hall–Kier alpha value is -1.10. The molecule has 3 amide bonds. The van der Waals surface area contributed by atoms with E-state index in [1.165, 1.54) is 12.8 Å². The molecule has 86 valence electrons. The number of urea groups is 1. The maximum absolute atomic E-state index is 11.4. The monoisotopic (exact) mass is 213 g/mol. The number of imide groups is 1. The van der Waals surface area contributed by atoms with E-state index in [1.807, 2.05) is 0 Å². The number of rotatable bonds is 3. The summed E-state index contributed by atoms with van der Waals surface area (Å²) in [4.78, 5) is 21.9. The molecule has 0 aromatic carbocycles. The molecule has 3 atom stereocenters. The zero-order valence-corrected chi connectivity index (χ0v) is 9.25. The maximum atomic E-state index is 11.4. The van der Waals surface area contributed by atoms with Crippen LogP contribution in [-0.4, -0.2) is 24.0 Å². The van der Waals surface area contributed by atoms with Gasteiger partial charge in [0.1, 0.15) is 0 Å². The summed E-state index contributed by atoms with van der Waals surface area (Å²) in [5, 5.41) is 5.28. The number of nitrogens with one attached hydrogen (secondary N) is 2. The van der Waals surface area contributed by atoms with Crippen molar-refractivity contribution in [3.8, 4) is 0 Å². The molecule has 0 saturated heterocycles. The zero-order chi connectivity index (χ0) is 11.4. The minimum absolute atomic E-state index is 0.360. The van der Waals surface area contributed by atoms with Crippen molar-refractivity contribution in [1.82, 2.24) is 10.6 Å². The molecular weight excluding hydrogens is 194 g/mol. The number of amides is 3. The summed E-state index contributed by atoms with van der Waals surface area (Å²) < 4.78 is 0. The zero-order valence-electron chi connectivity index (χ0n) is 9.25. The van der Waals surface area contributed by atoms with E-state index >= 15 is 0 Å². The molecule has 1 fully saturated rings. The number of carbonyl (C=O) groups excluding carboxylic acids is 2. The van der Waals surface area contributed by atoms with Gasteiger partial charge in [0.05, 0.1) is 6.04 Å². The smallest absolute Gasteiger partial charge is 0.318 e. The number of hydrogen-bond donors (Lipinski definition) is 3. The average molecular weight is 213 g/mol. The number of hydrogen-bond acceptors (Lipinski definition) is 3. The Bertz CT molecular complexity index is 255. The Morgan fingerprint density at radius 1 is 1.40 bits per heavy atom. The van der Waals surface area contributed by atoms with Crippen LogP contribution in [0.25, 0.3) is 0 Å². The molecule has 0 aromatic rings. The Morgan fingerprint density at radius 2 is 2.07 bits per heavy atom. The van der Waals surface area contributed by atoms with Gasteiger partial charge in [-0.25, -0.2) is 4.79 Å². The lowest BCUT2D eigenvalue weighted by molar-refractivity contribution is -0.121. The third kappa shape index (κ3) is 3.51. The van der Waals surface area contributed by atoms with Gasteiger partial charge in [-0.1, -0.05) is 13.3 Å². The molecule has 3 unspecified atom stereocenters. The first kappa shape index (κ1) is 12.0. The number of nitrogens with two attached hydrogens (primary N) is 1. The van der Waals surface area contributed by atoms with Gasteiger partial charge >= 0.3 is 6.03 Å². The molecule has 1 saturated carbocycles. The predicted molar refractivity (Wildman–Crippen MR) is 57.1 cm³/mol. The van der Waals surface area contributed by atoms with Gasteiger partial charge in [-0.05, 0) is 25.7 Å². The van der Waals surface area contributed by atoms with E-state index in [0.29, 0.717) is 12.0 Å². The van der Waals surface area contributed by atoms with E-state index in [2.05, 4.69) is 17.6 Å². The largest absolute Gasteiger partial charge is 0.351 e. The molecule has 0 aliphatic heterocycles. The molecule has 5 nitrogen and oxygen atoms in total. The lowest BCUT2D eigenvalue weighted by Gasteiger charge is -2.21. The Labute approximate surface area is 89.8 Å². The van der Waals surface area contributed by atoms with E-state index in [1.54, 1.807) is 6.92 Å². The second kappa shape index (κ2) is 5.11. The van der Waals surface area contributed by atoms with Crippen molar-refractivity contribution in [1.29, 1.82) is 0 Å². The highest BCUT2D eigenvalue weighted by Gasteiger charge is 2.26. The first-order chi connectivity index (χ1) is 7.00. The van der Waals surface area contributed by atoms with Gasteiger partial charge < -0.3 is 11.1 Å². The molecule has 0 spiro atoms. The maximum Gasteiger partial charge on any atom is 0.318 e. The van der Waals surface area contributed by atoms with Crippen LogP contribution in [0, 0.1) is 5.92 Å². The first-order valence-electron chi connectivity index (χ1n) is 5.37. The Morgan fingerprint density at radius 3 is 2.53 bits per heavy atom. The van der Waals surface area contributed by atoms with Gasteiger partial charge in [-0.3, -0.25) is 10.1 Å². The fourth-order valence-electron chi connectivity index (χ4n) is 2.02. The van der Waals surface area contributed by atoms with E-state index in [9.17, 15) is 9.59 Å². The van der Waals surface area contributed by atoms with Crippen molar-refractivity contribution in [2.75, 3.05) is 0 Å². The van der Waals surface area contributed by atoms with Crippen LogP contribution < -0.4 is 16.4 Å². The van der Waals surface area contributed by atoms with Gasteiger partial charge in [0.15, 0.2) is 0 Å². The molecule has 0 bridgehead atoms. The lowest BCUT2D eigenvalue weighted by Crippen LogP contribution is -2.50. The fourth-order valence-corrected chi connectivity index (χ4v) is 2.02. The highest BCUT2D eigenvalue weighted by Crippen LogP contribution is 2.24. The fraction of sp³-hybridized carbons (Fsp3) is 0.800.